The lowest BCUT2D eigenvalue weighted by molar-refractivity contribution is 0.174. The molecule has 1 aromatic rings. The molecule has 122 valence electrons. The van der Waals surface area contributed by atoms with Crippen LogP contribution in [0.5, 0.6) is 0 Å². The minimum atomic E-state index is -0.0890. The number of halogens is 1. The van der Waals surface area contributed by atoms with Crippen LogP contribution in [0.15, 0.2) is 24.3 Å². The Hall–Kier alpha value is -1.46. The predicted octanol–water partition coefficient (Wildman–Crippen LogP) is 2.33. The van der Waals surface area contributed by atoms with Gasteiger partial charge in [0.05, 0.1) is 6.61 Å². The highest BCUT2D eigenvalue weighted by Crippen LogP contribution is 2.23. The Kier molecular flexibility index (Phi) is 6.34. The maximum atomic E-state index is 12.2. The molecule has 1 saturated heterocycles. The Labute approximate surface area is 136 Å². The van der Waals surface area contributed by atoms with Crippen LogP contribution in [0.4, 0.5) is 10.5 Å². The van der Waals surface area contributed by atoms with E-state index in [1.54, 1.807) is 4.90 Å². The number of hydrogen-bond acceptors (Lipinski definition) is 3. The van der Waals surface area contributed by atoms with Gasteiger partial charge in [0.15, 0.2) is 0 Å². The Balaban J connectivity index is 1.89. The third-order valence-corrected chi connectivity index (χ3v) is 4.07. The van der Waals surface area contributed by atoms with E-state index < -0.39 is 0 Å². The molecule has 0 spiro atoms. The zero-order valence-electron chi connectivity index (χ0n) is 13.0. The number of carbonyl (C=O) groups excluding carboxylic acids is 1. The van der Waals surface area contributed by atoms with Crippen molar-refractivity contribution in [3.05, 3.63) is 29.3 Å². The molecular formula is C16H24ClN3O2. The number of urea groups is 1. The largest absolute Gasteiger partial charge is 0.395 e. The van der Waals surface area contributed by atoms with Gasteiger partial charge in [0.2, 0.25) is 0 Å². The zero-order chi connectivity index (χ0) is 15.9. The summed E-state index contributed by atoms with van der Waals surface area (Å²) >= 11 is 6.03. The Morgan fingerprint density at radius 1 is 1.50 bits per heavy atom. The molecule has 1 atom stereocenters. The van der Waals surface area contributed by atoms with Gasteiger partial charge in [-0.15, -0.1) is 0 Å². The number of rotatable bonds is 6. The van der Waals surface area contributed by atoms with Crippen molar-refractivity contribution >= 4 is 23.3 Å². The van der Waals surface area contributed by atoms with Crippen LogP contribution in [0.25, 0.3) is 0 Å². The molecule has 1 heterocycles. The summed E-state index contributed by atoms with van der Waals surface area (Å²) in [6, 6.07) is 7.82. The minimum Gasteiger partial charge on any atom is -0.395 e. The van der Waals surface area contributed by atoms with Crippen LogP contribution in [0.2, 0.25) is 5.02 Å². The highest BCUT2D eigenvalue weighted by molar-refractivity contribution is 6.30. The van der Waals surface area contributed by atoms with Gasteiger partial charge in [0.25, 0.3) is 0 Å². The standard InChI is InChI=1S/C16H24ClN3O2/c1-2-7-19(9-10-21)16(22)18-14-6-8-20(12-14)15-5-3-4-13(17)11-15/h3-5,11,14,21H,2,6-10,12H2,1H3,(H,18,22)/t14-/m0/s1. The summed E-state index contributed by atoms with van der Waals surface area (Å²) in [5.74, 6) is 0. The fourth-order valence-corrected chi connectivity index (χ4v) is 2.94. The molecule has 2 amide bonds. The number of amides is 2. The summed E-state index contributed by atoms with van der Waals surface area (Å²) in [6.45, 7) is 4.74. The van der Waals surface area contributed by atoms with Gasteiger partial charge in [0, 0.05) is 42.9 Å². The van der Waals surface area contributed by atoms with Crippen molar-refractivity contribution in [3.8, 4) is 0 Å². The number of aliphatic hydroxyl groups is 1. The Morgan fingerprint density at radius 2 is 2.32 bits per heavy atom. The molecule has 22 heavy (non-hydrogen) atoms. The smallest absolute Gasteiger partial charge is 0.317 e. The number of nitrogens with one attached hydrogen (secondary N) is 1. The lowest BCUT2D eigenvalue weighted by Crippen LogP contribution is -2.47. The van der Waals surface area contributed by atoms with Crippen LogP contribution in [-0.4, -0.2) is 54.9 Å². The number of carbonyl (C=O) groups is 1. The van der Waals surface area contributed by atoms with Crippen molar-refractivity contribution in [2.45, 2.75) is 25.8 Å². The maximum Gasteiger partial charge on any atom is 0.317 e. The highest BCUT2D eigenvalue weighted by Gasteiger charge is 2.25. The monoisotopic (exact) mass is 325 g/mol. The molecule has 1 aromatic carbocycles. The average Bonchev–Trinajstić information content (AvgIpc) is 2.95. The van der Waals surface area contributed by atoms with Crippen molar-refractivity contribution in [1.82, 2.24) is 10.2 Å². The first kappa shape index (κ1) is 16.9. The third kappa shape index (κ3) is 4.52. The second kappa shape index (κ2) is 8.25. The van der Waals surface area contributed by atoms with Crippen molar-refractivity contribution in [2.24, 2.45) is 0 Å². The van der Waals surface area contributed by atoms with Gasteiger partial charge in [-0.3, -0.25) is 0 Å². The molecule has 1 aliphatic heterocycles. The van der Waals surface area contributed by atoms with E-state index in [2.05, 4.69) is 10.2 Å². The maximum absolute atomic E-state index is 12.2. The van der Waals surface area contributed by atoms with Crippen molar-refractivity contribution in [1.29, 1.82) is 0 Å². The van der Waals surface area contributed by atoms with Crippen LogP contribution in [0.3, 0.4) is 0 Å². The van der Waals surface area contributed by atoms with E-state index in [0.29, 0.717) is 13.1 Å². The normalized spacial score (nSPS) is 17.6. The molecule has 1 aliphatic rings. The van der Waals surface area contributed by atoms with Gasteiger partial charge < -0.3 is 20.2 Å². The van der Waals surface area contributed by atoms with E-state index >= 15 is 0 Å². The number of benzene rings is 1. The summed E-state index contributed by atoms with van der Waals surface area (Å²) in [7, 11) is 0. The van der Waals surface area contributed by atoms with Crippen molar-refractivity contribution in [3.63, 3.8) is 0 Å². The molecule has 0 bridgehead atoms. The third-order valence-electron chi connectivity index (χ3n) is 3.84. The Bertz CT molecular complexity index is 492. The molecular weight excluding hydrogens is 302 g/mol. The first-order chi connectivity index (χ1) is 10.6. The van der Waals surface area contributed by atoms with Gasteiger partial charge in [-0.25, -0.2) is 4.79 Å². The van der Waals surface area contributed by atoms with E-state index in [-0.39, 0.29) is 18.7 Å². The van der Waals surface area contributed by atoms with E-state index in [4.69, 9.17) is 16.7 Å². The molecule has 0 radical (unpaired) electrons. The van der Waals surface area contributed by atoms with E-state index in [0.717, 1.165) is 36.6 Å². The second-order valence-electron chi connectivity index (χ2n) is 5.57. The van der Waals surface area contributed by atoms with Gasteiger partial charge in [-0.1, -0.05) is 24.6 Å². The summed E-state index contributed by atoms with van der Waals surface area (Å²) in [4.78, 5) is 16.1. The van der Waals surface area contributed by atoms with Gasteiger partial charge in [-0.2, -0.15) is 0 Å². The van der Waals surface area contributed by atoms with E-state index in [9.17, 15) is 4.79 Å². The van der Waals surface area contributed by atoms with Crippen molar-refractivity contribution < 1.29 is 9.90 Å². The molecule has 6 heteroatoms. The molecule has 0 aliphatic carbocycles. The van der Waals surface area contributed by atoms with Crippen LogP contribution in [0.1, 0.15) is 19.8 Å². The highest BCUT2D eigenvalue weighted by atomic mass is 35.5. The number of hydrogen-bond donors (Lipinski definition) is 2. The lowest BCUT2D eigenvalue weighted by Gasteiger charge is -2.24. The summed E-state index contributed by atoms with van der Waals surface area (Å²) in [5.41, 5.74) is 1.09. The van der Waals surface area contributed by atoms with Crippen LogP contribution in [0, 0.1) is 0 Å². The second-order valence-corrected chi connectivity index (χ2v) is 6.01. The Morgan fingerprint density at radius 3 is 3.00 bits per heavy atom. The molecule has 0 aromatic heterocycles. The molecule has 0 saturated carbocycles. The predicted molar refractivity (Wildman–Crippen MR) is 89.6 cm³/mol. The minimum absolute atomic E-state index is 0.00722. The molecule has 2 N–H and O–H groups in total. The zero-order valence-corrected chi connectivity index (χ0v) is 13.7. The number of aliphatic hydroxyl groups excluding tert-OH is 1. The number of nitrogens with zero attached hydrogens (tertiary/aromatic N) is 2. The van der Waals surface area contributed by atoms with E-state index in [1.165, 1.54) is 0 Å². The molecule has 0 unspecified atom stereocenters. The molecule has 1 fully saturated rings. The SMILES string of the molecule is CCCN(CCO)C(=O)N[C@H]1CCN(c2cccc(Cl)c2)C1. The molecule has 5 nitrogen and oxygen atoms in total. The topological polar surface area (TPSA) is 55.8 Å². The van der Waals surface area contributed by atoms with Crippen LogP contribution in [-0.2, 0) is 0 Å². The van der Waals surface area contributed by atoms with Crippen LogP contribution >= 0.6 is 11.6 Å². The number of anilines is 1. The first-order valence-corrected chi connectivity index (χ1v) is 8.18. The quantitative estimate of drug-likeness (QED) is 0.844. The fourth-order valence-electron chi connectivity index (χ4n) is 2.76. The fraction of sp³-hybridized carbons (Fsp3) is 0.562. The summed E-state index contributed by atoms with van der Waals surface area (Å²) < 4.78 is 0. The van der Waals surface area contributed by atoms with Crippen LogP contribution < -0.4 is 10.2 Å². The van der Waals surface area contributed by atoms with Crippen molar-refractivity contribution in [2.75, 3.05) is 37.7 Å². The lowest BCUT2D eigenvalue weighted by atomic mass is 10.2. The summed E-state index contributed by atoms with van der Waals surface area (Å²) in [5, 5.41) is 12.8. The van der Waals surface area contributed by atoms with Gasteiger partial charge in [-0.05, 0) is 31.0 Å². The first-order valence-electron chi connectivity index (χ1n) is 7.81. The van der Waals surface area contributed by atoms with E-state index in [1.807, 2.05) is 31.2 Å². The summed E-state index contributed by atoms with van der Waals surface area (Å²) in [6.07, 6.45) is 1.80. The average molecular weight is 326 g/mol. The van der Waals surface area contributed by atoms with Gasteiger partial charge >= 0.3 is 6.03 Å². The van der Waals surface area contributed by atoms with Gasteiger partial charge in [0.1, 0.15) is 0 Å². The molecule has 2 rings (SSSR count).